The number of nitrogens with one attached hydrogen (secondary N) is 1. The van der Waals surface area contributed by atoms with Crippen LogP contribution in [0.3, 0.4) is 0 Å². The van der Waals surface area contributed by atoms with Crippen molar-refractivity contribution >= 4 is 0 Å². The Balaban J connectivity index is 1.58. The molecule has 0 bridgehead atoms. The SMILES string of the molecule is CC1(CN2CCNC3(CCCC3)C2)CCOCC1. The number of ether oxygens (including phenoxy) is 1. The van der Waals surface area contributed by atoms with Gasteiger partial charge in [0.2, 0.25) is 0 Å². The van der Waals surface area contributed by atoms with Crippen LogP contribution in [0.1, 0.15) is 45.4 Å². The third kappa shape index (κ3) is 2.73. The van der Waals surface area contributed by atoms with Crippen LogP contribution < -0.4 is 5.32 Å². The lowest BCUT2D eigenvalue weighted by atomic mass is 9.81. The zero-order chi connectivity index (χ0) is 12.5. The molecule has 1 spiro atoms. The molecule has 2 aliphatic heterocycles. The van der Waals surface area contributed by atoms with Gasteiger partial charge in [0.1, 0.15) is 0 Å². The summed E-state index contributed by atoms with van der Waals surface area (Å²) in [7, 11) is 0. The molecule has 1 aliphatic carbocycles. The second-order valence-electron chi connectivity index (χ2n) is 7.05. The fourth-order valence-electron chi connectivity index (χ4n) is 4.13. The van der Waals surface area contributed by atoms with E-state index < -0.39 is 0 Å². The molecule has 2 heterocycles. The molecule has 3 heteroatoms. The average Bonchev–Trinajstić information content (AvgIpc) is 2.77. The summed E-state index contributed by atoms with van der Waals surface area (Å²) < 4.78 is 5.52. The van der Waals surface area contributed by atoms with Crippen LogP contribution in [-0.4, -0.2) is 49.8 Å². The van der Waals surface area contributed by atoms with Crippen molar-refractivity contribution in [2.75, 3.05) is 39.4 Å². The van der Waals surface area contributed by atoms with Crippen molar-refractivity contribution in [1.82, 2.24) is 10.2 Å². The third-order valence-electron chi connectivity index (χ3n) is 5.32. The van der Waals surface area contributed by atoms with E-state index in [1.165, 1.54) is 64.7 Å². The van der Waals surface area contributed by atoms with E-state index in [9.17, 15) is 0 Å². The number of hydrogen-bond donors (Lipinski definition) is 1. The van der Waals surface area contributed by atoms with Crippen LogP contribution in [0.4, 0.5) is 0 Å². The minimum atomic E-state index is 0.472. The second-order valence-corrected chi connectivity index (χ2v) is 7.05. The van der Waals surface area contributed by atoms with Crippen molar-refractivity contribution in [3.05, 3.63) is 0 Å². The first-order valence-electron chi connectivity index (χ1n) is 7.75. The van der Waals surface area contributed by atoms with E-state index in [0.717, 1.165) is 13.2 Å². The van der Waals surface area contributed by atoms with Gasteiger partial charge in [0.05, 0.1) is 0 Å². The summed E-state index contributed by atoms with van der Waals surface area (Å²) in [5, 5.41) is 3.81. The van der Waals surface area contributed by atoms with Gasteiger partial charge in [-0.25, -0.2) is 0 Å². The van der Waals surface area contributed by atoms with Crippen LogP contribution in [0.15, 0.2) is 0 Å². The molecule has 0 radical (unpaired) electrons. The molecule has 0 aromatic rings. The van der Waals surface area contributed by atoms with E-state index in [1.807, 2.05) is 0 Å². The number of piperazine rings is 1. The maximum atomic E-state index is 5.52. The number of rotatable bonds is 2. The van der Waals surface area contributed by atoms with Gasteiger partial charge < -0.3 is 10.1 Å². The Morgan fingerprint density at radius 3 is 2.56 bits per heavy atom. The molecule has 2 saturated heterocycles. The highest BCUT2D eigenvalue weighted by Crippen LogP contribution is 2.35. The highest BCUT2D eigenvalue weighted by Gasteiger charge is 2.39. The van der Waals surface area contributed by atoms with E-state index in [1.54, 1.807) is 0 Å². The third-order valence-corrected chi connectivity index (χ3v) is 5.32. The Morgan fingerprint density at radius 2 is 1.83 bits per heavy atom. The summed E-state index contributed by atoms with van der Waals surface area (Å²) in [6.07, 6.45) is 8.11. The molecular formula is C15H28N2O. The van der Waals surface area contributed by atoms with Gasteiger partial charge in [0.15, 0.2) is 0 Å². The van der Waals surface area contributed by atoms with Crippen LogP contribution in [0.2, 0.25) is 0 Å². The maximum Gasteiger partial charge on any atom is 0.0471 e. The van der Waals surface area contributed by atoms with E-state index in [0.29, 0.717) is 11.0 Å². The van der Waals surface area contributed by atoms with E-state index in [4.69, 9.17) is 4.74 Å². The summed E-state index contributed by atoms with van der Waals surface area (Å²) in [6, 6.07) is 0. The summed E-state index contributed by atoms with van der Waals surface area (Å²) >= 11 is 0. The van der Waals surface area contributed by atoms with Crippen molar-refractivity contribution in [3.63, 3.8) is 0 Å². The van der Waals surface area contributed by atoms with Crippen molar-refractivity contribution in [2.45, 2.75) is 51.0 Å². The molecule has 3 rings (SSSR count). The van der Waals surface area contributed by atoms with Crippen LogP contribution in [0, 0.1) is 5.41 Å². The van der Waals surface area contributed by atoms with Crippen LogP contribution >= 0.6 is 0 Å². The van der Waals surface area contributed by atoms with Crippen molar-refractivity contribution in [1.29, 1.82) is 0 Å². The zero-order valence-electron chi connectivity index (χ0n) is 11.8. The average molecular weight is 252 g/mol. The van der Waals surface area contributed by atoms with Crippen LogP contribution in [0.25, 0.3) is 0 Å². The first-order valence-corrected chi connectivity index (χ1v) is 7.75. The first kappa shape index (κ1) is 12.9. The predicted molar refractivity (Wildman–Crippen MR) is 73.8 cm³/mol. The molecule has 0 unspecified atom stereocenters. The quantitative estimate of drug-likeness (QED) is 0.814. The maximum absolute atomic E-state index is 5.52. The molecule has 104 valence electrons. The molecule has 0 atom stereocenters. The minimum Gasteiger partial charge on any atom is -0.381 e. The van der Waals surface area contributed by atoms with E-state index in [-0.39, 0.29) is 0 Å². The Kier molecular flexibility index (Phi) is 3.65. The highest BCUT2D eigenvalue weighted by molar-refractivity contribution is 4.99. The Bertz CT molecular complexity index is 280. The smallest absolute Gasteiger partial charge is 0.0471 e. The molecule has 3 nitrogen and oxygen atoms in total. The fourth-order valence-corrected chi connectivity index (χ4v) is 4.13. The summed E-state index contributed by atoms with van der Waals surface area (Å²) in [5.41, 5.74) is 0.967. The lowest BCUT2D eigenvalue weighted by Gasteiger charge is -2.45. The van der Waals surface area contributed by atoms with Gasteiger partial charge >= 0.3 is 0 Å². The van der Waals surface area contributed by atoms with Gasteiger partial charge in [-0.2, -0.15) is 0 Å². The Morgan fingerprint density at radius 1 is 1.11 bits per heavy atom. The van der Waals surface area contributed by atoms with Gasteiger partial charge in [-0.15, -0.1) is 0 Å². The zero-order valence-corrected chi connectivity index (χ0v) is 11.8. The van der Waals surface area contributed by atoms with Crippen molar-refractivity contribution in [3.8, 4) is 0 Å². The molecular weight excluding hydrogens is 224 g/mol. The van der Waals surface area contributed by atoms with E-state index in [2.05, 4.69) is 17.1 Å². The molecule has 0 aromatic heterocycles. The monoisotopic (exact) mass is 252 g/mol. The molecule has 1 saturated carbocycles. The van der Waals surface area contributed by atoms with Crippen LogP contribution in [0.5, 0.6) is 0 Å². The number of nitrogens with zero attached hydrogens (tertiary/aromatic N) is 1. The number of hydrogen-bond acceptors (Lipinski definition) is 3. The van der Waals surface area contributed by atoms with Crippen molar-refractivity contribution in [2.24, 2.45) is 5.41 Å². The normalized spacial score (nSPS) is 31.8. The van der Waals surface area contributed by atoms with Gasteiger partial charge in [0, 0.05) is 44.9 Å². The van der Waals surface area contributed by atoms with E-state index >= 15 is 0 Å². The molecule has 1 N–H and O–H groups in total. The molecule has 0 amide bonds. The fraction of sp³-hybridized carbons (Fsp3) is 1.00. The molecule has 18 heavy (non-hydrogen) atoms. The Hall–Kier alpha value is -0.120. The lowest BCUT2D eigenvalue weighted by Crippen LogP contribution is -2.60. The largest absolute Gasteiger partial charge is 0.381 e. The topological polar surface area (TPSA) is 24.5 Å². The van der Waals surface area contributed by atoms with Gasteiger partial charge in [-0.3, -0.25) is 4.90 Å². The standard InChI is InChI=1S/C15H28N2O/c1-14(6-10-18-11-7-14)12-17-9-8-16-15(13-17)4-2-3-5-15/h16H,2-13H2,1H3. The summed E-state index contributed by atoms with van der Waals surface area (Å²) in [5.74, 6) is 0. The van der Waals surface area contributed by atoms with Crippen molar-refractivity contribution < 1.29 is 4.74 Å². The summed E-state index contributed by atoms with van der Waals surface area (Å²) in [6.45, 7) is 9.37. The minimum absolute atomic E-state index is 0.472. The summed E-state index contributed by atoms with van der Waals surface area (Å²) in [4.78, 5) is 2.73. The van der Waals surface area contributed by atoms with Gasteiger partial charge in [-0.1, -0.05) is 19.8 Å². The molecule has 0 aromatic carbocycles. The Labute approximate surface area is 111 Å². The molecule has 3 fully saturated rings. The molecule has 3 aliphatic rings. The first-order chi connectivity index (χ1) is 8.70. The van der Waals surface area contributed by atoms with Gasteiger partial charge in [-0.05, 0) is 31.1 Å². The second kappa shape index (κ2) is 5.10. The predicted octanol–water partition coefficient (Wildman–Crippen LogP) is 2.02. The van der Waals surface area contributed by atoms with Crippen LogP contribution in [-0.2, 0) is 4.74 Å². The highest BCUT2D eigenvalue weighted by atomic mass is 16.5. The lowest BCUT2D eigenvalue weighted by molar-refractivity contribution is -0.00498. The van der Waals surface area contributed by atoms with Gasteiger partial charge in [0.25, 0.3) is 0 Å².